The van der Waals surface area contributed by atoms with E-state index in [1.54, 1.807) is 29.9 Å². The molecule has 100 valence electrons. The number of rotatable bonds is 4. The molecule has 0 fully saturated rings. The molecular weight excluding hydrogens is 266 g/mol. The molecule has 0 aromatic carbocycles. The maximum absolute atomic E-state index is 11.6. The van der Waals surface area contributed by atoms with Gasteiger partial charge in [0.1, 0.15) is 5.15 Å². The molecule has 0 spiro atoms. The van der Waals surface area contributed by atoms with Crippen LogP contribution in [-0.2, 0) is 11.3 Å². The molecule has 0 atom stereocenters. The third-order valence-corrected chi connectivity index (χ3v) is 2.81. The number of pyridine rings is 1. The fourth-order valence-corrected chi connectivity index (χ4v) is 1.76. The summed E-state index contributed by atoms with van der Waals surface area (Å²) in [6.07, 6.45) is 1.69. The number of aromatic nitrogens is 3. The fourth-order valence-electron chi connectivity index (χ4n) is 1.65. The average molecular weight is 280 g/mol. The van der Waals surface area contributed by atoms with Crippen LogP contribution in [0.3, 0.4) is 0 Å². The van der Waals surface area contributed by atoms with E-state index in [1.807, 2.05) is 13.0 Å². The number of hydrogen-bond donors (Lipinski definition) is 0. The maximum Gasteiger partial charge on any atom is 0.358 e. The van der Waals surface area contributed by atoms with E-state index in [0.717, 1.165) is 11.3 Å². The van der Waals surface area contributed by atoms with Gasteiger partial charge in [-0.25, -0.2) is 9.78 Å². The van der Waals surface area contributed by atoms with Gasteiger partial charge < -0.3 is 4.74 Å². The minimum absolute atomic E-state index is 0.321. The van der Waals surface area contributed by atoms with Gasteiger partial charge in [0, 0.05) is 11.9 Å². The number of hydrogen-bond acceptors (Lipinski definition) is 4. The van der Waals surface area contributed by atoms with Gasteiger partial charge in [0.15, 0.2) is 5.69 Å². The highest BCUT2D eigenvalue weighted by Crippen LogP contribution is 2.10. The summed E-state index contributed by atoms with van der Waals surface area (Å²) in [4.78, 5) is 15.6. The third-order valence-electron chi connectivity index (χ3n) is 2.59. The van der Waals surface area contributed by atoms with Crippen LogP contribution >= 0.6 is 11.6 Å². The van der Waals surface area contributed by atoms with E-state index in [4.69, 9.17) is 16.3 Å². The van der Waals surface area contributed by atoms with Crippen LogP contribution in [0.25, 0.3) is 0 Å². The second-order valence-corrected chi connectivity index (χ2v) is 4.43. The Morgan fingerprint density at radius 3 is 2.89 bits per heavy atom. The second kappa shape index (κ2) is 5.84. The lowest BCUT2D eigenvalue weighted by molar-refractivity contribution is 0.0518. The van der Waals surface area contributed by atoms with E-state index in [9.17, 15) is 4.79 Å². The van der Waals surface area contributed by atoms with Crippen LogP contribution in [0.1, 0.15) is 28.7 Å². The number of ether oxygens (including phenoxy) is 1. The Morgan fingerprint density at radius 2 is 2.26 bits per heavy atom. The molecule has 5 nitrogen and oxygen atoms in total. The Kier molecular flexibility index (Phi) is 4.16. The van der Waals surface area contributed by atoms with Crippen LogP contribution in [0.5, 0.6) is 0 Å². The van der Waals surface area contributed by atoms with E-state index >= 15 is 0 Å². The van der Waals surface area contributed by atoms with Crippen LogP contribution in [0.2, 0.25) is 5.15 Å². The first-order valence-electron chi connectivity index (χ1n) is 5.92. The minimum Gasteiger partial charge on any atom is -0.461 e. The van der Waals surface area contributed by atoms with Gasteiger partial charge in [0.25, 0.3) is 0 Å². The molecule has 2 aromatic heterocycles. The molecule has 0 N–H and O–H groups in total. The molecular formula is C13H14ClN3O2. The summed E-state index contributed by atoms with van der Waals surface area (Å²) >= 11 is 5.73. The van der Waals surface area contributed by atoms with Crippen molar-refractivity contribution in [3.8, 4) is 0 Å². The van der Waals surface area contributed by atoms with Crippen LogP contribution in [0.4, 0.5) is 0 Å². The highest BCUT2D eigenvalue weighted by atomic mass is 35.5. The van der Waals surface area contributed by atoms with E-state index in [-0.39, 0.29) is 0 Å². The van der Waals surface area contributed by atoms with Crippen LogP contribution in [0.15, 0.2) is 24.4 Å². The molecule has 0 radical (unpaired) electrons. The second-order valence-electron chi connectivity index (χ2n) is 4.04. The van der Waals surface area contributed by atoms with Crippen LogP contribution in [0, 0.1) is 6.92 Å². The van der Waals surface area contributed by atoms with Gasteiger partial charge in [0.05, 0.1) is 13.2 Å². The van der Waals surface area contributed by atoms with Crippen molar-refractivity contribution >= 4 is 17.6 Å². The van der Waals surface area contributed by atoms with Crippen molar-refractivity contribution in [3.05, 3.63) is 46.5 Å². The molecule has 2 heterocycles. The fraction of sp³-hybridized carbons (Fsp3) is 0.308. The molecule has 0 unspecified atom stereocenters. The Labute approximate surface area is 116 Å². The maximum atomic E-state index is 11.6. The normalized spacial score (nSPS) is 10.5. The standard InChI is InChI=1S/C13H14ClN3O2/c1-3-19-13(18)11-6-9(2)17(16-11)8-10-4-5-12(14)15-7-10/h4-7H,3,8H2,1-2H3. The molecule has 2 rings (SSSR count). The lowest BCUT2D eigenvalue weighted by Gasteiger charge is -2.04. The van der Waals surface area contributed by atoms with Gasteiger partial charge in [-0.05, 0) is 31.5 Å². The van der Waals surface area contributed by atoms with Crippen molar-refractivity contribution in [2.45, 2.75) is 20.4 Å². The van der Waals surface area contributed by atoms with Crippen molar-refractivity contribution in [1.82, 2.24) is 14.8 Å². The monoisotopic (exact) mass is 279 g/mol. The smallest absolute Gasteiger partial charge is 0.358 e. The molecule has 0 saturated heterocycles. The molecule has 6 heteroatoms. The Morgan fingerprint density at radius 1 is 1.47 bits per heavy atom. The predicted molar refractivity (Wildman–Crippen MR) is 71.3 cm³/mol. The summed E-state index contributed by atoms with van der Waals surface area (Å²) in [5.74, 6) is -0.404. The first-order chi connectivity index (χ1) is 9.10. The SMILES string of the molecule is CCOC(=O)c1cc(C)n(Cc2ccc(Cl)nc2)n1. The molecule has 0 bridgehead atoms. The number of halogens is 1. The molecule has 19 heavy (non-hydrogen) atoms. The topological polar surface area (TPSA) is 57.0 Å². The van der Waals surface area contributed by atoms with Crippen molar-refractivity contribution in [2.75, 3.05) is 6.61 Å². The molecule has 0 amide bonds. The van der Waals surface area contributed by atoms with Gasteiger partial charge in [-0.15, -0.1) is 0 Å². The Hall–Kier alpha value is -1.88. The summed E-state index contributed by atoms with van der Waals surface area (Å²) in [6, 6.07) is 5.31. The van der Waals surface area contributed by atoms with E-state index in [2.05, 4.69) is 10.1 Å². The van der Waals surface area contributed by atoms with Crippen LogP contribution in [-0.4, -0.2) is 27.3 Å². The average Bonchev–Trinajstić information content (AvgIpc) is 2.74. The zero-order valence-electron chi connectivity index (χ0n) is 10.8. The number of nitrogens with zero attached hydrogens (tertiary/aromatic N) is 3. The zero-order valence-corrected chi connectivity index (χ0v) is 11.5. The summed E-state index contributed by atoms with van der Waals surface area (Å²) in [6.45, 7) is 4.53. The first-order valence-corrected chi connectivity index (χ1v) is 6.30. The Balaban J connectivity index is 2.17. The van der Waals surface area contributed by atoms with E-state index in [0.29, 0.717) is 24.0 Å². The third kappa shape index (κ3) is 3.32. The zero-order chi connectivity index (χ0) is 13.8. The van der Waals surface area contributed by atoms with Crippen molar-refractivity contribution < 1.29 is 9.53 Å². The number of esters is 1. The van der Waals surface area contributed by atoms with E-state index < -0.39 is 5.97 Å². The lowest BCUT2D eigenvalue weighted by atomic mass is 10.3. The highest BCUT2D eigenvalue weighted by molar-refractivity contribution is 6.29. The van der Waals surface area contributed by atoms with Gasteiger partial charge in [-0.1, -0.05) is 17.7 Å². The van der Waals surface area contributed by atoms with Crippen LogP contribution < -0.4 is 0 Å². The molecule has 0 aliphatic heterocycles. The molecule has 2 aromatic rings. The summed E-state index contributed by atoms with van der Waals surface area (Å²) in [5, 5.41) is 4.68. The summed E-state index contributed by atoms with van der Waals surface area (Å²) in [5.41, 5.74) is 2.17. The van der Waals surface area contributed by atoms with Gasteiger partial charge in [-0.2, -0.15) is 5.10 Å². The first kappa shape index (κ1) is 13.5. The number of carbonyl (C=O) groups excluding carboxylic acids is 1. The quantitative estimate of drug-likeness (QED) is 0.637. The van der Waals surface area contributed by atoms with E-state index in [1.165, 1.54) is 0 Å². The van der Waals surface area contributed by atoms with Gasteiger partial charge in [-0.3, -0.25) is 4.68 Å². The highest BCUT2D eigenvalue weighted by Gasteiger charge is 2.13. The largest absolute Gasteiger partial charge is 0.461 e. The van der Waals surface area contributed by atoms with Crippen molar-refractivity contribution in [2.24, 2.45) is 0 Å². The molecule has 0 aliphatic carbocycles. The predicted octanol–water partition coefficient (Wildman–Crippen LogP) is 2.46. The Bertz CT molecular complexity index is 578. The molecule has 0 aliphatic rings. The lowest BCUT2D eigenvalue weighted by Crippen LogP contribution is -2.08. The number of carbonyl (C=O) groups is 1. The van der Waals surface area contributed by atoms with Gasteiger partial charge >= 0.3 is 5.97 Å². The van der Waals surface area contributed by atoms with Crippen molar-refractivity contribution in [3.63, 3.8) is 0 Å². The number of aryl methyl sites for hydroxylation is 1. The summed E-state index contributed by atoms with van der Waals surface area (Å²) in [7, 11) is 0. The van der Waals surface area contributed by atoms with Crippen molar-refractivity contribution in [1.29, 1.82) is 0 Å². The molecule has 0 saturated carbocycles. The summed E-state index contributed by atoms with van der Waals surface area (Å²) < 4.78 is 6.65. The minimum atomic E-state index is -0.404. The van der Waals surface area contributed by atoms with Gasteiger partial charge in [0.2, 0.25) is 0 Å².